The topological polar surface area (TPSA) is 33.7 Å². The number of hydrogen-bond donors (Lipinski definition) is 0. The molecule has 0 saturated heterocycles. The van der Waals surface area contributed by atoms with Crippen molar-refractivity contribution in [3.63, 3.8) is 0 Å². The summed E-state index contributed by atoms with van der Waals surface area (Å²) in [7, 11) is 0. The Morgan fingerprint density at radius 2 is 0.971 bits per heavy atom. The third kappa shape index (κ3) is 5.84. The second-order valence-electron chi connectivity index (χ2n) is 18.8. The van der Waals surface area contributed by atoms with Crippen LogP contribution in [0.25, 0.3) is 105 Å². The molecule has 3 aromatic heterocycles. The molecule has 4 heteroatoms. The van der Waals surface area contributed by atoms with Gasteiger partial charge in [-0.15, -0.1) is 0 Å². The molecule has 0 amide bonds. The molecule has 0 bridgehead atoms. The Morgan fingerprint density at radius 3 is 1.79 bits per heavy atom. The van der Waals surface area contributed by atoms with Crippen molar-refractivity contribution in [1.29, 1.82) is 0 Å². The zero-order valence-electron chi connectivity index (χ0n) is 37.6. The van der Waals surface area contributed by atoms with Gasteiger partial charge in [0.2, 0.25) is 0 Å². The normalized spacial score (nSPS) is 13.0. The fourth-order valence-electron chi connectivity index (χ4n) is 11.2. The monoisotopic (exact) mass is 869 g/mol. The number of aromatic nitrogens is 2. The third-order valence-electron chi connectivity index (χ3n) is 14.6. The Kier molecular flexibility index (Phi) is 8.29. The highest BCUT2D eigenvalue weighted by Crippen LogP contribution is 2.51. The first-order chi connectivity index (χ1) is 33.4. The van der Waals surface area contributed by atoms with Crippen LogP contribution in [0.5, 0.6) is 0 Å². The average Bonchev–Trinajstić information content (AvgIpc) is 4.04. The van der Waals surface area contributed by atoms with E-state index in [0.717, 1.165) is 72.2 Å². The molecule has 14 rings (SSSR count). The molecular weight excluding hydrogens is 827 g/mol. The fraction of sp³-hybridized carbons (Fsp3) is 0.0469. The van der Waals surface area contributed by atoms with Gasteiger partial charge in [-0.1, -0.05) is 159 Å². The van der Waals surface area contributed by atoms with Crippen LogP contribution in [-0.4, -0.2) is 9.38 Å². The molecule has 320 valence electrons. The third-order valence-corrected chi connectivity index (χ3v) is 14.6. The predicted molar refractivity (Wildman–Crippen MR) is 284 cm³/mol. The first-order valence-electron chi connectivity index (χ1n) is 23.4. The number of nitrogens with zero attached hydrogens (tertiary/aromatic N) is 3. The van der Waals surface area contributed by atoms with E-state index >= 15 is 0 Å². The average molecular weight is 870 g/mol. The van der Waals surface area contributed by atoms with Crippen LogP contribution in [0, 0.1) is 0 Å². The molecule has 0 fully saturated rings. The lowest BCUT2D eigenvalue weighted by Gasteiger charge is -2.28. The molecule has 0 N–H and O–H groups in total. The number of furan rings is 1. The molecule has 10 aromatic carbocycles. The van der Waals surface area contributed by atoms with Crippen LogP contribution >= 0.6 is 0 Å². The zero-order valence-corrected chi connectivity index (χ0v) is 37.6. The van der Waals surface area contributed by atoms with Crippen LogP contribution in [0.4, 0.5) is 17.1 Å². The lowest BCUT2D eigenvalue weighted by molar-refractivity contribution is 0.660. The van der Waals surface area contributed by atoms with E-state index in [1.807, 2.05) is 12.1 Å². The summed E-state index contributed by atoms with van der Waals surface area (Å²) in [6.45, 7) is 4.69. The molecule has 0 spiro atoms. The molecule has 13 aromatic rings. The second kappa shape index (κ2) is 14.6. The summed E-state index contributed by atoms with van der Waals surface area (Å²) < 4.78 is 8.38. The van der Waals surface area contributed by atoms with Crippen molar-refractivity contribution in [2.45, 2.75) is 19.3 Å². The number of benzene rings is 10. The van der Waals surface area contributed by atoms with Crippen molar-refractivity contribution >= 4 is 77.2 Å². The van der Waals surface area contributed by atoms with E-state index in [1.54, 1.807) is 0 Å². The molecule has 0 radical (unpaired) electrons. The van der Waals surface area contributed by atoms with Crippen LogP contribution in [-0.2, 0) is 5.41 Å². The van der Waals surface area contributed by atoms with Crippen LogP contribution in [0.1, 0.15) is 25.0 Å². The van der Waals surface area contributed by atoms with Gasteiger partial charge in [0.1, 0.15) is 16.8 Å². The predicted octanol–water partition coefficient (Wildman–Crippen LogP) is 17.5. The van der Waals surface area contributed by atoms with Crippen molar-refractivity contribution in [2.24, 2.45) is 0 Å². The molecule has 1 aliphatic rings. The van der Waals surface area contributed by atoms with Gasteiger partial charge >= 0.3 is 0 Å². The lowest BCUT2D eigenvalue weighted by atomic mass is 9.82. The van der Waals surface area contributed by atoms with Gasteiger partial charge in [0.25, 0.3) is 0 Å². The van der Waals surface area contributed by atoms with Crippen molar-refractivity contribution in [3.05, 3.63) is 236 Å². The standard InChI is InChI=1S/C64H43N3O/c1-64(2)57-18-10-8-15-50(57)51-32-30-48(39-58(51)64)67(46-12-4-3-5-13-46)47-28-24-41(25-29-47)40-20-22-42(23-21-40)43-26-31-54-55(36-43)49-14-6-7-17-53(49)62-63(54)66-35-34-45(38-61(66)65-62)44-27-33-60-56(37-44)52-16-9-11-19-59(52)68-60/h3-39H,1-2H3. The van der Waals surface area contributed by atoms with Gasteiger partial charge in [-0.05, 0) is 139 Å². The van der Waals surface area contributed by atoms with Crippen LogP contribution < -0.4 is 4.90 Å². The summed E-state index contributed by atoms with van der Waals surface area (Å²) in [6.07, 6.45) is 2.18. The first-order valence-corrected chi connectivity index (χ1v) is 23.4. The minimum absolute atomic E-state index is 0.0803. The molecule has 3 heterocycles. The zero-order chi connectivity index (χ0) is 45.1. The first kappa shape index (κ1) is 38.5. The fourth-order valence-corrected chi connectivity index (χ4v) is 11.2. The number of fused-ring (bicyclic) bond motifs is 14. The second-order valence-corrected chi connectivity index (χ2v) is 18.8. The molecule has 4 nitrogen and oxygen atoms in total. The Morgan fingerprint density at radius 1 is 0.397 bits per heavy atom. The van der Waals surface area contributed by atoms with E-state index in [2.05, 4.69) is 236 Å². The smallest absolute Gasteiger partial charge is 0.138 e. The molecular formula is C64H43N3O. The minimum Gasteiger partial charge on any atom is -0.456 e. The number of para-hydroxylation sites is 2. The summed E-state index contributed by atoms with van der Waals surface area (Å²) in [6, 6.07) is 79.2. The Labute approximate surface area is 393 Å². The highest BCUT2D eigenvalue weighted by molar-refractivity contribution is 6.24. The van der Waals surface area contributed by atoms with Gasteiger partial charge in [-0.3, -0.25) is 4.40 Å². The maximum atomic E-state index is 6.13. The minimum atomic E-state index is -0.0803. The lowest BCUT2D eigenvalue weighted by Crippen LogP contribution is -2.16. The van der Waals surface area contributed by atoms with Gasteiger partial charge < -0.3 is 9.32 Å². The van der Waals surface area contributed by atoms with Gasteiger partial charge in [-0.2, -0.15) is 0 Å². The van der Waals surface area contributed by atoms with E-state index in [4.69, 9.17) is 9.40 Å². The SMILES string of the molecule is CC1(C)c2ccccc2-c2ccc(N(c3ccccc3)c3ccc(-c4ccc(-c5ccc6c(c5)c5ccccc5c5nc7cc(-c8ccc9oc%10ccccc%10c9c8)ccn7c65)cc4)cc3)cc21. The van der Waals surface area contributed by atoms with Crippen molar-refractivity contribution in [3.8, 4) is 44.5 Å². The van der Waals surface area contributed by atoms with E-state index in [0.29, 0.717) is 0 Å². The highest BCUT2D eigenvalue weighted by atomic mass is 16.3. The molecule has 1 aliphatic carbocycles. The van der Waals surface area contributed by atoms with Gasteiger partial charge in [0.05, 0.1) is 11.0 Å². The van der Waals surface area contributed by atoms with E-state index < -0.39 is 0 Å². The van der Waals surface area contributed by atoms with Crippen molar-refractivity contribution < 1.29 is 4.42 Å². The number of pyridine rings is 1. The quantitative estimate of drug-likeness (QED) is 0.156. The largest absolute Gasteiger partial charge is 0.456 e. The molecule has 68 heavy (non-hydrogen) atoms. The summed E-state index contributed by atoms with van der Waals surface area (Å²) in [5.74, 6) is 0. The maximum Gasteiger partial charge on any atom is 0.138 e. The van der Waals surface area contributed by atoms with Crippen molar-refractivity contribution in [1.82, 2.24) is 9.38 Å². The molecule has 0 unspecified atom stereocenters. The van der Waals surface area contributed by atoms with Crippen LogP contribution in [0.3, 0.4) is 0 Å². The summed E-state index contributed by atoms with van der Waals surface area (Å²) in [5, 5.41) is 7.00. The summed E-state index contributed by atoms with van der Waals surface area (Å²) in [5.41, 5.74) is 20.6. The van der Waals surface area contributed by atoms with Gasteiger partial charge in [-0.25, -0.2) is 4.98 Å². The highest BCUT2D eigenvalue weighted by Gasteiger charge is 2.35. The Hall–Kier alpha value is -8.73. The molecule has 0 aliphatic heterocycles. The van der Waals surface area contributed by atoms with Gasteiger partial charge in [0.15, 0.2) is 0 Å². The van der Waals surface area contributed by atoms with Crippen LogP contribution in [0.15, 0.2) is 229 Å². The maximum absolute atomic E-state index is 6.13. The molecule has 0 saturated carbocycles. The van der Waals surface area contributed by atoms with E-state index in [1.165, 1.54) is 60.7 Å². The summed E-state index contributed by atoms with van der Waals surface area (Å²) in [4.78, 5) is 7.69. The number of rotatable bonds is 6. The molecule has 0 atom stereocenters. The van der Waals surface area contributed by atoms with Gasteiger partial charge in [0, 0.05) is 50.2 Å². The number of anilines is 3. The van der Waals surface area contributed by atoms with Crippen molar-refractivity contribution in [2.75, 3.05) is 4.90 Å². The Balaban J connectivity index is 0.794. The van der Waals surface area contributed by atoms with E-state index in [9.17, 15) is 0 Å². The number of imidazole rings is 1. The van der Waals surface area contributed by atoms with Crippen LogP contribution in [0.2, 0.25) is 0 Å². The van der Waals surface area contributed by atoms with E-state index in [-0.39, 0.29) is 5.41 Å². The Bertz CT molecular complexity index is 4160. The number of hydrogen-bond acceptors (Lipinski definition) is 3. The summed E-state index contributed by atoms with van der Waals surface area (Å²) >= 11 is 0.